The third kappa shape index (κ3) is 6.13. The topological polar surface area (TPSA) is 58.4 Å². The molecule has 1 aromatic carbocycles. The molecule has 0 aliphatic carbocycles. The number of likely N-dealkylation sites (tertiary alicyclic amines) is 1. The van der Waals surface area contributed by atoms with E-state index < -0.39 is 5.54 Å². The number of rotatable bonds is 6. The molecule has 0 saturated carbocycles. The summed E-state index contributed by atoms with van der Waals surface area (Å²) >= 11 is 0. The molecule has 1 aliphatic rings. The number of piperidine rings is 1. The molecule has 130 valence electrons. The summed E-state index contributed by atoms with van der Waals surface area (Å²) in [5.74, 6) is -0.0130. The minimum absolute atomic E-state index is 0. The van der Waals surface area contributed by atoms with Gasteiger partial charge in [-0.2, -0.15) is 0 Å². The molecule has 2 unspecified atom stereocenters. The molecule has 0 bridgehead atoms. The van der Waals surface area contributed by atoms with Crippen LogP contribution in [-0.2, 0) is 11.3 Å². The third-order valence-corrected chi connectivity index (χ3v) is 4.38. The lowest BCUT2D eigenvalue weighted by Gasteiger charge is -2.35. The number of benzene rings is 1. The van der Waals surface area contributed by atoms with Crippen LogP contribution in [-0.4, -0.2) is 35.5 Å². The average molecular weight is 340 g/mol. The molecule has 1 heterocycles. The zero-order valence-electron chi connectivity index (χ0n) is 14.3. The second-order valence-electron chi connectivity index (χ2n) is 6.70. The Morgan fingerprint density at radius 2 is 2.09 bits per heavy atom. The van der Waals surface area contributed by atoms with E-state index in [4.69, 9.17) is 5.73 Å². The Labute approximate surface area is 146 Å². The van der Waals surface area contributed by atoms with Crippen molar-refractivity contribution in [1.29, 1.82) is 0 Å². The lowest BCUT2D eigenvalue weighted by Crippen LogP contribution is -2.57. The number of nitrogens with two attached hydrogens (primary N) is 1. The molecular weight excluding hydrogens is 310 g/mol. The monoisotopic (exact) mass is 339 g/mol. The Bertz CT molecular complexity index is 478. The lowest BCUT2D eigenvalue weighted by atomic mass is 9.95. The number of nitrogens with one attached hydrogen (secondary N) is 1. The molecule has 1 saturated heterocycles. The van der Waals surface area contributed by atoms with Crippen LogP contribution >= 0.6 is 12.4 Å². The van der Waals surface area contributed by atoms with Crippen molar-refractivity contribution >= 4 is 18.3 Å². The van der Waals surface area contributed by atoms with Gasteiger partial charge in [-0.05, 0) is 38.3 Å². The Balaban J connectivity index is 0.00000264. The Kier molecular flexibility index (Phi) is 8.03. The van der Waals surface area contributed by atoms with Crippen molar-refractivity contribution in [3.8, 4) is 0 Å². The summed E-state index contributed by atoms with van der Waals surface area (Å²) in [6.45, 7) is 6.83. The largest absolute Gasteiger partial charge is 0.350 e. The van der Waals surface area contributed by atoms with E-state index in [1.165, 1.54) is 5.56 Å². The maximum Gasteiger partial charge on any atom is 0.240 e. The molecule has 5 heteroatoms. The lowest BCUT2D eigenvalue weighted by molar-refractivity contribution is -0.127. The number of hydrogen-bond acceptors (Lipinski definition) is 3. The molecule has 23 heavy (non-hydrogen) atoms. The summed E-state index contributed by atoms with van der Waals surface area (Å²) < 4.78 is 0. The summed E-state index contributed by atoms with van der Waals surface area (Å²) in [5, 5.41) is 3.15. The van der Waals surface area contributed by atoms with Gasteiger partial charge in [0.1, 0.15) is 0 Å². The van der Waals surface area contributed by atoms with Gasteiger partial charge in [0.2, 0.25) is 5.91 Å². The van der Waals surface area contributed by atoms with Gasteiger partial charge in [0.05, 0.1) is 5.54 Å². The van der Waals surface area contributed by atoms with Crippen LogP contribution < -0.4 is 11.1 Å². The number of hydrogen-bond donors (Lipinski definition) is 2. The number of halogens is 1. The highest BCUT2D eigenvalue weighted by Crippen LogP contribution is 2.15. The molecule has 1 fully saturated rings. The maximum absolute atomic E-state index is 12.3. The summed E-state index contributed by atoms with van der Waals surface area (Å²) in [6.07, 6.45) is 3.80. The van der Waals surface area contributed by atoms with Gasteiger partial charge in [0, 0.05) is 19.1 Å². The van der Waals surface area contributed by atoms with E-state index >= 15 is 0 Å². The van der Waals surface area contributed by atoms with E-state index in [9.17, 15) is 4.79 Å². The first-order chi connectivity index (χ1) is 10.5. The third-order valence-electron chi connectivity index (χ3n) is 4.38. The number of carbonyl (C=O) groups excluding carboxylic acids is 1. The van der Waals surface area contributed by atoms with E-state index in [0.29, 0.717) is 0 Å². The van der Waals surface area contributed by atoms with Crippen molar-refractivity contribution in [1.82, 2.24) is 10.2 Å². The van der Waals surface area contributed by atoms with Crippen molar-refractivity contribution in [3.63, 3.8) is 0 Å². The van der Waals surface area contributed by atoms with Gasteiger partial charge in [-0.15, -0.1) is 12.4 Å². The SMILES string of the molecule is CCCC(C)(N)C(=O)NC1CCCN(Cc2ccccc2)C1.Cl. The van der Waals surface area contributed by atoms with Crippen LogP contribution in [0.25, 0.3) is 0 Å². The second kappa shape index (κ2) is 9.26. The van der Waals surface area contributed by atoms with Gasteiger partial charge in [0.25, 0.3) is 0 Å². The predicted molar refractivity (Wildman–Crippen MR) is 97.6 cm³/mol. The smallest absolute Gasteiger partial charge is 0.240 e. The molecule has 2 rings (SSSR count). The molecule has 2 atom stereocenters. The van der Waals surface area contributed by atoms with E-state index in [0.717, 1.165) is 45.3 Å². The number of carbonyl (C=O) groups is 1. The van der Waals surface area contributed by atoms with Gasteiger partial charge in [0.15, 0.2) is 0 Å². The van der Waals surface area contributed by atoms with Crippen LogP contribution in [0.1, 0.15) is 45.1 Å². The molecule has 0 aromatic heterocycles. The Hall–Kier alpha value is -1.10. The fourth-order valence-electron chi connectivity index (χ4n) is 3.14. The Morgan fingerprint density at radius 3 is 2.74 bits per heavy atom. The number of amides is 1. The first-order valence-electron chi connectivity index (χ1n) is 8.37. The van der Waals surface area contributed by atoms with Crippen molar-refractivity contribution in [2.45, 2.75) is 57.7 Å². The summed E-state index contributed by atoms with van der Waals surface area (Å²) in [6, 6.07) is 10.7. The number of nitrogens with zero attached hydrogens (tertiary/aromatic N) is 1. The maximum atomic E-state index is 12.3. The highest BCUT2D eigenvalue weighted by atomic mass is 35.5. The highest BCUT2D eigenvalue weighted by molar-refractivity contribution is 5.86. The van der Waals surface area contributed by atoms with Crippen LogP contribution in [0.2, 0.25) is 0 Å². The molecule has 4 nitrogen and oxygen atoms in total. The fraction of sp³-hybridized carbons (Fsp3) is 0.611. The molecule has 1 aliphatic heterocycles. The van der Waals surface area contributed by atoms with Gasteiger partial charge in [-0.25, -0.2) is 0 Å². The first-order valence-corrected chi connectivity index (χ1v) is 8.37. The summed E-state index contributed by atoms with van der Waals surface area (Å²) in [4.78, 5) is 14.7. The van der Waals surface area contributed by atoms with Crippen LogP contribution in [0.15, 0.2) is 30.3 Å². The minimum Gasteiger partial charge on any atom is -0.350 e. The molecule has 3 N–H and O–H groups in total. The van der Waals surface area contributed by atoms with Crippen LogP contribution in [0, 0.1) is 0 Å². The van der Waals surface area contributed by atoms with Crippen molar-refractivity contribution < 1.29 is 4.79 Å². The molecule has 1 aromatic rings. The minimum atomic E-state index is -0.754. The molecule has 0 spiro atoms. The van der Waals surface area contributed by atoms with E-state index in [1.54, 1.807) is 0 Å². The van der Waals surface area contributed by atoms with Crippen LogP contribution in [0.3, 0.4) is 0 Å². The van der Waals surface area contributed by atoms with Crippen LogP contribution in [0.4, 0.5) is 0 Å². The summed E-state index contributed by atoms with van der Waals surface area (Å²) in [7, 11) is 0. The standard InChI is InChI=1S/C18H29N3O.ClH/c1-3-11-18(2,19)17(22)20-16-10-7-12-21(14-16)13-15-8-5-4-6-9-15;/h4-6,8-9,16H,3,7,10-14,19H2,1-2H3,(H,20,22);1H. The highest BCUT2D eigenvalue weighted by Gasteiger charge is 2.30. The normalized spacial score (nSPS) is 21.1. The van der Waals surface area contributed by atoms with Crippen molar-refractivity contribution in [2.75, 3.05) is 13.1 Å². The molecular formula is C18H30ClN3O. The van der Waals surface area contributed by atoms with Crippen LogP contribution in [0.5, 0.6) is 0 Å². The van der Waals surface area contributed by atoms with E-state index in [-0.39, 0.29) is 24.4 Å². The molecule has 1 amide bonds. The van der Waals surface area contributed by atoms with Gasteiger partial charge in [-0.1, -0.05) is 43.7 Å². The molecule has 0 radical (unpaired) electrons. The zero-order valence-corrected chi connectivity index (χ0v) is 15.1. The van der Waals surface area contributed by atoms with E-state index in [2.05, 4.69) is 41.4 Å². The zero-order chi connectivity index (χ0) is 16.0. The second-order valence-corrected chi connectivity index (χ2v) is 6.70. The average Bonchev–Trinajstić information content (AvgIpc) is 2.48. The van der Waals surface area contributed by atoms with Gasteiger partial charge in [-0.3, -0.25) is 9.69 Å². The predicted octanol–water partition coefficient (Wildman–Crippen LogP) is 2.71. The summed E-state index contributed by atoms with van der Waals surface area (Å²) in [5.41, 5.74) is 6.69. The van der Waals surface area contributed by atoms with Gasteiger partial charge < -0.3 is 11.1 Å². The van der Waals surface area contributed by atoms with Gasteiger partial charge >= 0.3 is 0 Å². The quantitative estimate of drug-likeness (QED) is 0.837. The van der Waals surface area contributed by atoms with E-state index in [1.807, 2.05) is 13.0 Å². The Morgan fingerprint density at radius 1 is 1.39 bits per heavy atom. The van der Waals surface area contributed by atoms with Crippen molar-refractivity contribution in [2.24, 2.45) is 5.73 Å². The fourth-order valence-corrected chi connectivity index (χ4v) is 3.14. The first kappa shape index (κ1) is 19.9. The van der Waals surface area contributed by atoms with Crippen molar-refractivity contribution in [3.05, 3.63) is 35.9 Å².